The SMILES string of the molecule is CCn1cc(Cl)c(C(=O)NCc2ccnn2C)n1. The summed E-state index contributed by atoms with van der Waals surface area (Å²) in [6, 6.07) is 1.84. The van der Waals surface area contributed by atoms with Gasteiger partial charge in [-0.15, -0.1) is 0 Å². The maximum Gasteiger partial charge on any atom is 0.273 e. The smallest absolute Gasteiger partial charge is 0.273 e. The van der Waals surface area contributed by atoms with Gasteiger partial charge in [0.1, 0.15) is 0 Å². The molecule has 7 heteroatoms. The van der Waals surface area contributed by atoms with Crippen LogP contribution in [0.15, 0.2) is 18.5 Å². The number of rotatable bonds is 4. The maximum atomic E-state index is 11.9. The van der Waals surface area contributed by atoms with Gasteiger partial charge in [0.2, 0.25) is 0 Å². The highest BCUT2D eigenvalue weighted by Crippen LogP contribution is 2.13. The largest absolute Gasteiger partial charge is 0.345 e. The number of aryl methyl sites for hydroxylation is 2. The van der Waals surface area contributed by atoms with E-state index in [1.165, 1.54) is 0 Å². The van der Waals surface area contributed by atoms with Gasteiger partial charge in [-0.1, -0.05) is 11.6 Å². The summed E-state index contributed by atoms with van der Waals surface area (Å²) in [6.07, 6.45) is 3.32. The standard InChI is InChI=1S/C11H14ClN5O/c1-3-17-7-9(12)10(15-17)11(18)13-6-8-4-5-14-16(8)2/h4-5,7H,3,6H2,1-2H3,(H,13,18). The molecule has 1 amide bonds. The van der Waals surface area contributed by atoms with Crippen LogP contribution in [0.25, 0.3) is 0 Å². The van der Waals surface area contributed by atoms with Crippen LogP contribution in [0.3, 0.4) is 0 Å². The number of halogens is 1. The predicted molar refractivity (Wildman–Crippen MR) is 67.3 cm³/mol. The van der Waals surface area contributed by atoms with Crippen LogP contribution < -0.4 is 5.32 Å². The first-order valence-corrected chi connectivity index (χ1v) is 5.97. The van der Waals surface area contributed by atoms with Crippen LogP contribution in [-0.4, -0.2) is 25.5 Å². The molecule has 0 spiro atoms. The third kappa shape index (κ3) is 2.53. The van der Waals surface area contributed by atoms with Crippen molar-refractivity contribution in [2.45, 2.75) is 20.0 Å². The average molecular weight is 268 g/mol. The van der Waals surface area contributed by atoms with Crippen LogP contribution in [-0.2, 0) is 20.1 Å². The average Bonchev–Trinajstić information content (AvgIpc) is 2.92. The van der Waals surface area contributed by atoms with E-state index in [1.54, 1.807) is 21.8 Å². The van der Waals surface area contributed by atoms with Gasteiger partial charge in [0.05, 0.1) is 17.3 Å². The van der Waals surface area contributed by atoms with Crippen molar-refractivity contribution in [3.05, 3.63) is 34.9 Å². The fraction of sp³-hybridized carbons (Fsp3) is 0.364. The van der Waals surface area contributed by atoms with Crippen molar-refractivity contribution in [3.8, 4) is 0 Å². The first-order chi connectivity index (χ1) is 8.61. The molecule has 0 saturated carbocycles. The fourth-order valence-electron chi connectivity index (χ4n) is 1.54. The van der Waals surface area contributed by atoms with E-state index in [0.717, 1.165) is 5.69 Å². The van der Waals surface area contributed by atoms with Crippen LogP contribution in [0, 0.1) is 0 Å². The van der Waals surface area contributed by atoms with Gasteiger partial charge in [0.15, 0.2) is 5.69 Å². The van der Waals surface area contributed by atoms with Gasteiger partial charge < -0.3 is 5.32 Å². The monoisotopic (exact) mass is 267 g/mol. The molecule has 6 nitrogen and oxygen atoms in total. The molecule has 2 aromatic heterocycles. The summed E-state index contributed by atoms with van der Waals surface area (Å²) >= 11 is 5.95. The molecule has 0 aliphatic heterocycles. The number of hydrogen-bond acceptors (Lipinski definition) is 3. The summed E-state index contributed by atoms with van der Waals surface area (Å²) in [5.74, 6) is -0.284. The normalized spacial score (nSPS) is 10.6. The molecule has 0 unspecified atom stereocenters. The zero-order valence-electron chi connectivity index (χ0n) is 10.2. The van der Waals surface area contributed by atoms with Gasteiger partial charge in [-0.25, -0.2) is 0 Å². The number of carbonyl (C=O) groups is 1. The lowest BCUT2D eigenvalue weighted by atomic mass is 10.3. The summed E-state index contributed by atoms with van der Waals surface area (Å²) in [5.41, 5.74) is 1.16. The molecule has 0 bridgehead atoms. The minimum Gasteiger partial charge on any atom is -0.345 e. The third-order valence-corrected chi connectivity index (χ3v) is 2.89. The molecule has 1 N–H and O–H groups in total. The lowest BCUT2D eigenvalue weighted by Crippen LogP contribution is -2.25. The van der Waals surface area contributed by atoms with Crippen molar-refractivity contribution in [2.75, 3.05) is 0 Å². The van der Waals surface area contributed by atoms with E-state index in [1.807, 2.05) is 20.0 Å². The van der Waals surface area contributed by atoms with Gasteiger partial charge in [-0.3, -0.25) is 14.2 Å². The Morgan fingerprint density at radius 3 is 2.89 bits per heavy atom. The van der Waals surface area contributed by atoms with Crippen molar-refractivity contribution in [3.63, 3.8) is 0 Å². The quantitative estimate of drug-likeness (QED) is 0.906. The highest BCUT2D eigenvalue weighted by Gasteiger charge is 2.15. The van der Waals surface area contributed by atoms with Gasteiger partial charge in [0.25, 0.3) is 5.91 Å². The topological polar surface area (TPSA) is 64.7 Å². The number of carbonyl (C=O) groups excluding carboxylic acids is 1. The molecule has 0 saturated heterocycles. The van der Waals surface area contributed by atoms with E-state index in [9.17, 15) is 4.79 Å². The molecule has 0 aromatic carbocycles. The minimum absolute atomic E-state index is 0.251. The van der Waals surface area contributed by atoms with Crippen molar-refractivity contribution in [2.24, 2.45) is 7.05 Å². The van der Waals surface area contributed by atoms with E-state index >= 15 is 0 Å². The van der Waals surface area contributed by atoms with E-state index in [0.29, 0.717) is 18.1 Å². The lowest BCUT2D eigenvalue weighted by Gasteiger charge is -2.03. The Morgan fingerprint density at radius 1 is 1.56 bits per heavy atom. The molecule has 2 heterocycles. The van der Waals surface area contributed by atoms with E-state index in [-0.39, 0.29) is 11.6 Å². The zero-order chi connectivity index (χ0) is 13.1. The highest BCUT2D eigenvalue weighted by molar-refractivity contribution is 6.33. The van der Waals surface area contributed by atoms with Gasteiger partial charge in [-0.2, -0.15) is 10.2 Å². The molecule has 18 heavy (non-hydrogen) atoms. The Balaban J connectivity index is 2.03. The molecule has 2 aromatic rings. The molecule has 0 radical (unpaired) electrons. The third-order valence-electron chi connectivity index (χ3n) is 2.61. The number of hydrogen-bond donors (Lipinski definition) is 1. The number of amides is 1. The number of nitrogens with zero attached hydrogens (tertiary/aromatic N) is 4. The molecular weight excluding hydrogens is 254 g/mol. The molecule has 0 atom stereocenters. The Bertz CT molecular complexity index is 560. The second-order valence-electron chi connectivity index (χ2n) is 3.81. The second kappa shape index (κ2) is 5.22. The highest BCUT2D eigenvalue weighted by atomic mass is 35.5. The lowest BCUT2D eigenvalue weighted by molar-refractivity contribution is 0.0944. The van der Waals surface area contributed by atoms with Gasteiger partial charge in [-0.05, 0) is 13.0 Å². The van der Waals surface area contributed by atoms with Crippen molar-refractivity contribution in [1.82, 2.24) is 24.9 Å². The zero-order valence-corrected chi connectivity index (χ0v) is 11.0. The van der Waals surface area contributed by atoms with Gasteiger partial charge >= 0.3 is 0 Å². The van der Waals surface area contributed by atoms with Crippen LogP contribution >= 0.6 is 11.6 Å². The molecule has 0 aliphatic carbocycles. The van der Waals surface area contributed by atoms with Gasteiger partial charge in [0, 0.05) is 26.0 Å². The molecular formula is C11H14ClN5O. The maximum absolute atomic E-state index is 11.9. The molecule has 0 fully saturated rings. The van der Waals surface area contributed by atoms with Crippen molar-refractivity contribution in [1.29, 1.82) is 0 Å². The van der Waals surface area contributed by atoms with E-state index < -0.39 is 0 Å². The Kier molecular flexibility index (Phi) is 3.66. The van der Waals surface area contributed by atoms with Crippen LogP contribution in [0.4, 0.5) is 0 Å². The Morgan fingerprint density at radius 2 is 2.33 bits per heavy atom. The number of aromatic nitrogens is 4. The molecule has 96 valence electrons. The van der Waals surface area contributed by atoms with Crippen LogP contribution in [0.2, 0.25) is 5.02 Å². The second-order valence-corrected chi connectivity index (χ2v) is 4.22. The minimum atomic E-state index is -0.284. The Labute approximate surface area is 110 Å². The summed E-state index contributed by atoms with van der Waals surface area (Å²) in [5, 5.41) is 11.2. The van der Waals surface area contributed by atoms with E-state index in [4.69, 9.17) is 11.6 Å². The molecule has 2 rings (SSSR count). The fourth-order valence-corrected chi connectivity index (χ4v) is 1.78. The first kappa shape index (κ1) is 12.6. The summed E-state index contributed by atoms with van der Waals surface area (Å²) < 4.78 is 3.33. The summed E-state index contributed by atoms with van der Waals surface area (Å²) in [6.45, 7) is 3.00. The molecule has 0 aliphatic rings. The van der Waals surface area contributed by atoms with Crippen molar-refractivity contribution >= 4 is 17.5 Å². The first-order valence-electron chi connectivity index (χ1n) is 5.60. The van der Waals surface area contributed by atoms with Crippen LogP contribution in [0.5, 0.6) is 0 Å². The van der Waals surface area contributed by atoms with Crippen molar-refractivity contribution < 1.29 is 4.79 Å². The van der Waals surface area contributed by atoms with Crippen LogP contribution in [0.1, 0.15) is 23.1 Å². The summed E-state index contributed by atoms with van der Waals surface area (Å²) in [7, 11) is 1.82. The van der Waals surface area contributed by atoms with E-state index in [2.05, 4.69) is 15.5 Å². The predicted octanol–water partition coefficient (Wildman–Crippen LogP) is 1.22. The summed E-state index contributed by atoms with van der Waals surface area (Å²) in [4.78, 5) is 11.9. The Hall–Kier alpha value is -1.82. The number of nitrogens with one attached hydrogen (secondary N) is 1.